The van der Waals surface area contributed by atoms with Crippen LogP contribution < -0.4 is 16.4 Å². The summed E-state index contributed by atoms with van der Waals surface area (Å²) in [6, 6.07) is 5.75. The first-order valence-electron chi connectivity index (χ1n) is 7.28. The largest absolute Gasteiger partial charge is 0.399 e. The van der Waals surface area contributed by atoms with Crippen molar-refractivity contribution in [1.82, 2.24) is 5.32 Å². The summed E-state index contributed by atoms with van der Waals surface area (Å²) < 4.78 is 5.59. The van der Waals surface area contributed by atoms with E-state index in [9.17, 15) is 4.79 Å². The molecule has 1 saturated carbocycles. The van der Waals surface area contributed by atoms with Gasteiger partial charge in [-0.05, 0) is 43.9 Å². The topological polar surface area (TPSA) is 76.4 Å². The molecular weight excluding hydrogens is 254 g/mol. The van der Waals surface area contributed by atoms with Gasteiger partial charge in [0.1, 0.15) is 0 Å². The first kappa shape index (κ1) is 13.2. The summed E-state index contributed by atoms with van der Waals surface area (Å²) in [5.74, 6) is -0.0466. The van der Waals surface area contributed by atoms with Gasteiger partial charge in [-0.1, -0.05) is 0 Å². The maximum atomic E-state index is 12.2. The fraction of sp³-hybridized carbons (Fsp3) is 0.533. The molecular formula is C15H21N3O2. The first-order valence-corrected chi connectivity index (χ1v) is 7.28. The molecule has 3 rings (SSSR count). The van der Waals surface area contributed by atoms with Crippen molar-refractivity contribution < 1.29 is 9.53 Å². The van der Waals surface area contributed by atoms with Crippen molar-refractivity contribution in [2.45, 2.75) is 37.8 Å². The maximum Gasteiger partial charge on any atom is 0.253 e. The number of nitrogen functional groups attached to an aromatic ring is 1. The fourth-order valence-electron chi connectivity index (χ4n) is 2.42. The van der Waals surface area contributed by atoms with Crippen LogP contribution in [0.4, 0.5) is 11.4 Å². The van der Waals surface area contributed by atoms with Gasteiger partial charge < -0.3 is 21.1 Å². The summed E-state index contributed by atoms with van der Waals surface area (Å²) in [7, 11) is 0. The van der Waals surface area contributed by atoms with Crippen LogP contribution in [0.5, 0.6) is 0 Å². The molecule has 20 heavy (non-hydrogen) atoms. The van der Waals surface area contributed by atoms with E-state index in [-0.39, 0.29) is 12.0 Å². The molecule has 0 bridgehead atoms. The van der Waals surface area contributed by atoms with Crippen LogP contribution in [0.15, 0.2) is 18.2 Å². The van der Waals surface area contributed by atoms with Crippen LogP contribution in [0.2, 0.25) is 0 Å². The second-order valence-electron chi connectivity index (χ2n) is 5.57. The Hall–Kier alpha value is -1.75. The number of hydrogen-bond acceptors (Lipinski definition) is 4. The third-order valence-corrected chi connectivity index (χ3v) is 3.74. The lowest BCUT2D eigenvalue weighted by atomic mass is 10.1. The number of nitrogens with one attached hydrogen (secondary N) is 2. The van der Waals surface area contributed by atoms with Crippen LogP contribution in [-0.2, 0) is 4.74 Å². The molecule has 1 amide bonds. The molecule has 1 saturated heterocycles. The molecule has 0 aromatic heterocycles. The van der Waals surface area contributed by atoms with Crippen LogP contribution in [0.3, 0.4) is 0 Å². The molecule has 2 aliphatic rings. The highest BCUT2D eigenvalue weighted by atomic mass is 16.5. The highest BCUT2D eigenvalue weighted by Gasteiger charge is 2.25. The molecule has 2 fully saturated rings. The van der Waals surface area contributed by atoms with Crippen molar-refractivity contribution in [3.05, 3.63) is 23.8 Å². The molecule has 4 N–H and O–H groups in total. The summed E-state index contributed by atoms with van der Waals surface area (Å²) in [6.45, 7) is 1.57. The van der Waals surface area contributed by atoms with E-state index in [0.717, 1.165) is 44.5 Å². The molecule has 5 nitrogen and oxygen atoms in total. The lowest BCUT2D eigenvalue weighted by Crippen LogP contribution is -2.27. The van der Waals surface area contributed by atoms with E-state index in [4.69, 9.17) is 10.5 Å². The van der Waals surface area contributed by atoms with Gasteiger partial charge in [0.2, 0.25) is 0 Å². The standard InChI is InChI=1S/C15H21N3O2/c16-10-3-6-14(17-9-12-2-1-7-20-12)13(8-10)15(19)18-11-4-5-11/h3,6,8,11-12,17H,1-2,4-5,7,9,16H2,(H,18,19)/t12-/m1/s1. The Kier molecular flexibility index (Phi) is 3.78. The van der Waals surface area contributed by atoms with Crippen molar-refractivity contribution >= 4 is 17.3 Å². The van der Waals surface area contributed by atoms with Gasteiger partial charge >= 0.3 is 0 Å². The minimum atomic E-state index is -0.0466. The van der Waals surface area contributed by atoms with Gasteiger partial charge in [0.25, 0.3) is 5.91 Å². The zero-order chi connectivity index (χ0) is 13.9. The Morgan fingerprint density at radius 3 is 2.90 bits per heavy atom. The highest BCUT2D eigenvalue weighted by molar-refractivity contribution is 6.00. The molecule has 108 valence electrons. The van der Waals surface area contributed by atoms with Crippen molar-refractivity contribution in [3.63, 3.8) is 0 Å². The molecule has 0 radical (unpaired) electrons. The van der Waals surface area contributed by atoms with Crippen LogP contribution in [-0.4, -0.2) is 31.2 Å². The molecule has 1 aromatic rings. The summed E-state index contributed by atoms with van der Waals surface area (Å²) in [5, 5.41) is 6.32. The summed E-state index contributed by atoms with van der Waals surface area (Å²) in [4.78, 5) is 12.2. The normalized spacial score (nSPS) is 21.7. The lowest BCUT2D eigenvalue weighted by molar-refractivity contribution is 0.0951. The average molecular weight is 275 g/mol. The zero-order valence-electron chi connectivity index (χ0n) is 11.5. The molecule has 1 atom stereocenters. The first-order chi connectivity index (χ1) is 9.72. The summed E-state index contributed by atoms with van der Waals surface area (Å²) in [5.41, 5.74) is 7.85. The Morgan fingerprint density at radius 2 is 2.20 bits per heavy atom. The monoisotopic (exact) mass is 275 g/mol. The van der Waals surface area contributed by atoms with Crippen LogP contribution in [0, 0.1) is 0 Å². The van der Waals surface area contributed by atoms with E-state index in [0.29, 0.717) is 17.3 Å². The van der Waals surface area contributed by atoms with E-state index in [1.54, 1.807) is 6.07 Å². The van der Waals surface area contributed by atoms with E-state index >= 15 is 0 Å². The number of carbonyl (C=O) groups excluding carboxylic acids is 1. The Morgan fingerprint density at radius 1 is 1.35 bits per heavy atom. The molecule has 0 spiro atoms. The van der Waals surface area contributed by atoms with Gasteiger partial charge in [-0.3, -0.25) is 4.79 Å². The Labute approximate surface area is 118 Å². The maximum absolute atomic E-state index is 12.2. The third-order valence-electron chi connectivity index (χ3n) is 3.74. The number of carbonyl (C=O) groups is 1. The predicted molar refractivity (Wildman–Crippen MR) is 78.8 cm³/mol. The van der Waals surface area contributed by atoms with E-state index in [1.165, 1.54) is 0 Å². The van der Waals surface area contributed by atoms with Crippen molar-refractivity contribution in [1.29, 1.82) is 0 Å². The average Bonchev–Trinajstić information content (AvgIpc) is 3.09. The molecule has 1 heterocycles. The van der Waals surface area contributed by atoms with E-state index < -0.39 is 0 Å². The SMILES string of the molecule is Nc1ccc(NC[C@H]2CCCO2)c(C(=O)NC2CC2)c1. The third kappa shape index (κ3) is 3.22. The zero-order valence-corrected chi connectivity index (χ0v) is 11.5. The molecule has 5 heteroatoms. The summed E-state index contributed by atoms with van der Waals surface area (Å²) >= 11 is 0. The molecule has 1 aliphatic carbocycles. The van der Waals surface area contributed by atoms with E-state index in [2.05, 4.69) is 10.6 Å². The minimum absolute atomic E-state index is 0.0466. The number of nitrogens with two attached hydrogens (primary N) is 1. The van der Waals surface area contributed by atoms with Crippen LogP contribution in [0.1, 0.15) is 36.0 Å². The fourth-order valence-corrected chi connectivity index (χ4v) is 2.42. The lowest BCUT2D eigenvalue weighted by Gasteiger charge is -2.15. The second-order valence-corrected chi connectivity index (χ2v) is 5.57. The molecule has 1 aromatic carbocycles. The number of amides is 1. The van der Waals surface area contributed by atoms with Gasteiger partial charge in [0.15, 0.2) is 0 Å². The van der Waals surface area contributed by atoms with Gasteiger partial charge in [-0.25, -0.2) is 0 Å². The smallest absolute Gasteiger partial charge is 0.253 e. The molecule has 0 unspecified atom stereocenters. The van der Waals surface area contributed by atoms with Crippen LogP contribution >= 0.6 is 0 Å². The highest BCUT2D eigenvalue weighted by Crippen LogP contribution is 2.23. The van der Waals surface area contributed by atoms with Gasteiger partial charge in [0.05, 0.1) is 11.7 Å². The number of ether oxygens (including phenoxy) is 1. The predicted octanol–water partition coefficient (Wildman–Crippen LogP) is 1.75. The van der Waals surface area contributed by atoms with Crippen LogP contribution in [0.25, 0.3) is 0 Å². The Bertz CT molecular complexity index is 494. The second kappa shape index (κ2) is 5.71. The minimum Gasteiger partial charge on any atom is -0.399 e. The number of hydrogen-bond donors (Lipinski definition) is 3. The molecule has 1 aliphatic heterocycles. The number of benzene rings is 1. The van der Waals surface area contributed by atoms with Crippen molar-refractivity contribution in [2.24, 2.45) is 0 Å². The van der Waals surface area contributed by atoms with Crippen molar-refractivity contribution in [3.8, 4) is 0 Å². The Balaban J connectivity index is 1.69. The van der Waals surface area contributed by atoms with Crippen molar-refractivity contribution in [2.75, 3.05) is 24.2 Å². The number of anilines is 2. The van der Waals surface area contributed by atoms with E-state index in [1.807, 2.05) is 12.1 Å². The van der Waals surface area contributed by atoms with Gasteiger partial charge in [-0.2, -0.15) is 0 Å². The quantitative estimate of drug-likeness (QED) is 0.716. The number of rotatable bonds is 5. The summed E-state index contributed by atoms with van der Waals surface area (Å²) in [6.07, 6.45) is 4.58. The van der Waals surface area contributed by atoms with Gasteiger partial charge in [0, 0.05) is 30.6 Å². The van der Waals surface area contributed by atoms with Gasteiger partial charge in [-0.15, -0.1) is 0 Å².